The van der Waals surface area contributed by atoms with Gasteiger partial charge >= 0.3 is 5.97 Å². The number of benzene rings is 1. The number of carboxylic acid groups (broad SMARTS) is 1. The first kappa shape index (κ1) is 14.7. The first-order valence-corrected chi connectivity index (χ1v) is 7.11. The number of carbonyl (C=O) groups is 2. The summed E-state index contributed by atoms with van der Waals surface area (Å²) < 4.78 is 0.898. The maximum Gasteiger partial charge on any atom is 0.318 e. The summed E-state index contributed by atoms with van der Waals surface area (Å²) >= 11 is 9.23. The number of rotatable bonds is 4. The fraction of sp³-hybridized carbons (Fsp3) is 0.200. The van der Waals surface area contributed by atoms with Crippen LogP contribution in [0.3, 0.4) is 0 Å². The highest BCUT2D eigenvalue weighted by molar-refractivity contribution is 9.12. The minimum atomic E-state index is -1.10. The first-order valence-electron chi connectivity index (χ1n) is 4.49. The van der Waals surface area contributed by atoms with E-state index in [0.717, 1.165) is 4.47 Å². The molecule has 0 spiro atoms. The molecule has 92 valence electrons. The average molecular weight is 430 g/mol. The van der Waals surface area contributed by atoms with E-state index in [2.05, 4.69) is 53.1 Å². The van der Waals surface area contributed by atoms with E-state index < -0.39 is 21.5 Å². The molecule has 1 aromatic carbocycles. The van der Waals surface area contributed by atoms with Gasteiger partial charge in [-0.2, -0.15) is 0 Å². The second kappa shape index (κ2) is 6.51. The van der Waals surface area contributed by atoms with Gasteiger partial charge in [0.25, 0.3) is 0 Å². The second-order valence-electron chi connectivity index (χ2n) is 3.14. The molecule has 0 bridgehead atoms. The molecule has 0 radical (unpaired) electrons. The number of hydrogen-bond donors (Lipinski definition) is 2. The van der Waals surface area contributed by atoms with Crippen LogP contribution in [0.15, 0.2) is 28.7 Å². The quantitative estimate of drug-likeness (QED) is 0.723. The van der Waals surface area contributed by atoms with Gasteiger partial charge in [0.1, 0.15) is 9.65 Å². The lowest BCUT2D eigenvalue weighted by molar-refractivity contribution is -0.137. The van der Waals surface area contributed by atoms with Crippen molar-refractivity contribution in [1.82, 2.24) is 0 Å². The van der Waals surface area contributed by atoms with Crippen LogP contribution >= 0.6 is 47.8 Å². The van der Waals surface area contributed by atoms with Crippen molar-refractivity contribution in [2.24, 2.45) is 0 Å². The molecule has 0 aromatic heterocycles. The lowest BCUT2D eigenvalue weighted by atomic mass is 10.2. The Balaban J connectivity index is 2.66. The van der Waals surface area contributed by atoms with Gasteiger partial charge in [0, 0.05) is 10.2 Å². The van der Waals surface area contributed by atoms with Crippen LogP contribution in [0.2, 0.25) is 0 Å². The summed E-state index contributed by atoms with van der Waals surface area (Å²) in [7, 11) is 0. The van der Waals surface area contributed by atoms with Crippen LogP contribution < -0.4 is 5.32 Å². The molecule has 2 N–H and O–H groups in total. The predicted molar refractivity (Wildman–Crippen MR) is 75.8 cm³/mol. The molecule has 0 aliphatic rings. The summed E-state index contributed by atoms with van der Waals surface area (Å²) in [6.07, 6.45) is 0. The Bertz CT molecular complexity index is 421. The number of carboxylic acids is 1. The number of aliphatic carboxylic acids is 1. The van der Waals surface area contributed by atoms with Gasteiger partial charge in [-0.3, -0.25) is 9.59 Å². The van der Waals surface area contributed by atoms with E-state index in [1.54, 1.807) is 24.3 Å². The van der Waals surface area contributed by atoms with Crippen LogP contribution in [-0.2, 0) is 9.59 Å². The normalized spacial score (nSPS) is 13.8. The minimum absolute atomic E-state index is 0.420. The Morgan fingerprint density at radius 2 is 1.65 bits per heavy atom. The van der Waals surface area contributed by atoms with Crippen LogP contribution in [0.1, 0.15) is 0 Å². The average Bonchev–Trinajstić information content (AvgIpc) is 2.30. The van der Waals surface area contributed by atoms with Crippen molar-refractivity contribution in [2.75, 3.05) is 5.32 Å². The highest BCUT2D eigenvalue weighted by Crippen LogP contribution is 2.19. The van der Waals surface area contributed by atoms with Crippen LogP contribution in [0.25, 0.3) is 0 Å². The molecule has 2 atom stereocenters. The number of anilines is 1. The summed E-state index contributed by atoms with van der Waals surface area (Å²) in [5.41, 5.74) is 0.604. The van der Waals surface area contributed by atoms with Crippen LogP contribution in [0.4, 0.5) is 5.69 Å². The van der Waals surface area contributed by atoms with E-state index in [9.17, 15) is 9.59 Å². The van der Waals surface area contributed by atoms with Crippen molar-refractivity contribution in [1.29, 1.82) is 0 Å². The van der Waals surface area contributed by atoms with Crippen molar-refractivity contribution < 1.29 is 14.7 Å². The molecule has 0 saturated carbocycles. The Kier molecular flexibility index (Phi) is 5.61. The minimum Gasteiger partial charge on any atom is -0.480 e. The van der Waals surface area contributed by atoms with Crippen LogP contribution in [-0.4, -0.2) is 26.6 Å². The highest BCUT2D eigenvalue weighted by atomic mass is 79.9. The Labute approximate surface area is 123 Å². The van der Waals surface area contributed by atoms with E-state index in [1.807, 2.05) is 0 Å². The van der Waals surface area contributed by atoms with Crippen molar-refractivity contribution in [2.45, 2.75) is 9.65 Å². The smallest absolute Gasteiger partial charge is 0.318 e. The topological polar surface area (TPSA) is 66.4 Å². The zero-order valence-electron chi connectivity index (χ0n) is 8.36. The molecule has 1 amide bonds. The predicted octanol–water partition coefficient (Wildman–Crippen LogP) is 3.00. The van der Waals surface area contributed by atoms with Crippen LogP contribution in [0.5, 0.6) is 0 Å². The molecule has 1 aromatic rings. The first-order chi connectivity index (χ1) is 7.91. The van der Waals surface area contributed by atoms with E-state index in [-0.39, 0.29) is 0 Å². The molecule has 7 heteroatoms. The molecular weight excluding hydrogens is 422 g/mol. The van der Waals surface area contributed by atoms with Gasteiger partial charge in [0.2, 0.25) is 5.91 Å². The lowest BCUT2D eigenvalue weighted by Crippen LogP contribution is -2.34. The molecule has 17 heavy (non-hydrogen) atoms. The van der Waals surface area contributed by atoms with Crippen molar-refractivity contribution >= 4 is 65.4 Å². The fourth-order valence-electron chi connectivity index (χ4n) is 1.00. The SMILES string of the molecule is O=C(O)[C@@H](Br)[C@@H](Br)C(=O)Nc1ccc(Br)cc1. The zero-order chi connectivity index (χ0) is 13.0. The molecule has 0 unspecified atom stereocenters. The number of hydrogen-bond acceptors (Lipinski definition) is 2. The van der Waals surface area contributed by atoms with Gasteiger partial charge in [-0.05, 0) is 24.3 Å². The van der Waals surface area contributed by atoms with E-state index in [0.29, 0.717) is 5.69 Å². The largest absolute Gasteiger partial charge is 0.480 e. The Morgan fingerprint density at radius 1 is 1.12 bits per heavy atom. The monoisotopic (exact) mass is 427 g/mol. The zero-order valence-corrected chi connectivity index (χ0v) is 13.1. The van der Waals surface area contributed by atoms with E-state index >= 15 is 0 Å². The molecule has 1 rings (SSSR count). The lowest BCUT2D eigenvalue weighted by Gasteiger charge is -2.13. The summed E-state index contributed by atoms with van der Waals surface area (Å²) in [5.74, 6) is -1.52. The van der Waals surface area contributed by atoms with Gasteiger partial charge in [-0.1, -0.05) is 47.8 Å². The molecule has 0 saturated heterocycles. The fourth-order valence-corrected chi connectivity index (χ4v) is 1.85. The summed E-state index contributed by atoms with van der Waals surface area (Å²) in [6.45, 7) is 0. The summed E-state index contributed by atoms with van der Waals surface area (Å²) in [6, 6.07) is 6.99. The number of halogens is 3. The summed E-state index contributed by atoms with van der Waals surface area (Å²) in [5, 5.41) is 11.3. The molecule has 0 fully saturated rings. The van der Waals surface area contributed by atoms with Gasteiger partial charge in [0.05, 0.1) is 0 Å². The van der Waals surface area contributed by atoms with E-state index in [1.165, 1.54) is 0 Å². The van der Waals surface area contributed by atoms with Gasteiger partial charge in [0.15, 0.2) is 0 Å². The van der Waals surface area contributed by atoms with Gasteiger partial charge in [-0.25, -0.2) is 0 Å². The van der Waals surface area contributed by atoms with Crippen molar-refractivity contribution in [3.05, 3.63) is 28.7 Å². The third kappa shape index (κ3) is 4.40. The number of amides is 1. The van der Waals surface area contributed by atoms with Crippen LogP contribution in [0, 0.1) is 0 Å². The maximum atomic E-state index is 11.7. The number of alkyl halides is 2. The van der Waals surface area contributed by atoms with Crippen molar-refractivity contribution in [3.63, 3.8) is 0 Å². The Hall–Kier alpha value is -0.400. The molecule has 0 aliphatic heterocycles. The highest BCUT2D eigenvalue weighted by Gasteiger charge is 2.29. The summed E-state index contributed by atoms with van der Waals surface area (Å²) in [4.78, 5) is 20.5. The number of nitrogens with one attached hydrogen (secondary N) is 1. The molecule has 0 aliphatic carbocycles. The standard InChI is InChI=1S/C10H8Br3NO3/c11-5-1-3-6(4-2-5)14-9(15)7(12)8(13)10(16)17/h1-4,7-8H,(H,14,15)(H,16,17)/t7-,8+/m1/s1. The van der Waals surface area contributed by atoms with Gasteiger partial charge < -0.3 is 10.4 Å². The van der Waals surface area contributed by atoms with Crippen molar-refractivity contribution in [3.8, 4) is 0 Å². The maximum absolute atomic E-state index is 11.7. The third-order valence-corrected chi connectivity index (χ3v) is 4.96. The van der Waals surface area contributed by atoms with E-state index in [4.69, 9.17) is 5.11 Å². The molecule has 0 heterocycles. The Morgan fingerprint density at radius 3 is 2.12 bits per heavy atom. The number of carbonyl (C=O) groups excluding carboxylic acids is 1. The van der Waals surface area contributed by atoms with Gasteiger partial charge in [-0.15, -0.1) is 0 Å². The third-order valence-electron chi connectivity index (χ3n) is 1.86. The molecular formula is C10H8Br3NO3. The second-order valence-corrected chi connectivity index (χ2v) is 6.03. The molecule has 4 nitrogen and oxygen atoms in total.